The summed E-state index contributed by atoms with van der Waals surface area (Å²) in [5.41, 5.74) is 0.996. The van der Waals surface area contributed by atoms with E-state index in [9.17, 15) is 50.4 Å². The van der Waals surface area contributed by atoms with E-state index in [1.54, 1.807) is 12.1 Å². The van der Waals surface area contributed by atoms with Crippen LogP contribution in [0.25, 0.3) is 12.2 Å². The molecular weight excluding hydrogens is 772 g/mol. The molecule has 9 N–H and O–H groups in total. The molecule has 10 atom stereocenters. The zero-order valence-corrected chi connectivity index (χ0v) is 31.1. The van der Waals surface area contributed by atoms with Gasteiger partial charge in [0, 0.05) is 25.1 Å². The molecule has 0 bridgehead atoms. The van der Waals surface area contributed by atoms with Gasteiger partial charge in [-0.1, -0.05) is 12.1 Å². The smallest absolute Gasteiger partial charge is 0.330 e. The summed E-state index contributed by atoms with van der Waals surface area (Å²) in [5, 5.41) is 84.4. The third-order valence-corrected chi connectivity index (χ3v) is 9.34. The van der Waals surface area contributed by atoms with Crippen LogP contribution in [0.5, 0.6) is 40.2 Å². The molecule has 19 heteroatoms. The van der Waals surface area contributed by atoms with Gasteiger partial charge in [0.1, 0.15) is 66.0 Å². The normalized spacial score (nSPS) is 28.0. The largest absolute Gasteiger partial charge is 0.571 e. The van der Waals surface area contributed by atoms with Crippen LogP contribution in [0.15, 0.2) is 60.4 Å². The van der Waals surface area contributed by atoms with E-state index in [0.717, 1.165) is 13.0 Å². The number of carbonyl (C=O) groups is 2. The van der Waals surface area contributed by atoms with Crippen molar-refractivity contribution in [1.29, 1.82) is 0 Å². The first-order valence-corrected chi connectivity index (χ1v) is 17.7. The maximum Gasteiger partial charge on any atom is 0.330 e. The van der Waals surface area contributed by atoms with Gasteiger partial charge in [0.25, 0.3) is 11.9 Å². The summed E-state index contributed by atoms with van der Waals surface area (Å²) in [6.45, 7) is 0.0962. The number of hydrogen-bond acceptors (Lipinski definition) is 18. The van der Waals surface area contributed by atoms with E-state index >= 15 is 0 Å². The van der Waals surface area contributed by atoms with Crippen LogP contribution in [0.3, 0.4) is 0 Å². The number of benzene rings is 3. The average Bonchev–Trinajstić information content (AvgIpc) is 3.20. The number of aromatic hydroxyl groups is 4. The van der Waals surface area contributed by atoms with Gasteiger partial charge >= 0.3 is 11.9 Å². The van der Waals surface area contributed by atoms with E-state index in [4.69, 9.17) is 42.6 Å². The van der Waals surface area contributed by atoms with E-state index in [1.165, 1.54) is 62.8 Å². The molecule has 3 heterocycles. The molecule has 3 aromatic carbocycles. The fraction of sp³-hybridized carbons (Fsp3) is 0.385. The van der Waals surface area contributed by atoms with Gasteiger partial charge in [0.2, 0.25) is 18.3 Å². The molecule has 0 aromatic heterocycles. The fourth-order valence-electron chi connectivity index (χ4n) is 6.34. The lowest BCUT2D eigenvalue weighted by molar-refractivity contribution is -0.296. The van der Waals surface area contributed by atoms with Crippen molar-refractivity contribution in [3.8, 4) is 40.2 Å². The quantitative estimate of drug-likeness (QED) is 0.0707. The van der Waals surface area contributed by atoms with Crippen molar-refractivity contribution >= 4 is 24.1 Å². The lowest BCUT2D eigenvalue weighted by atomic mass is 9.98. The number of fused-ring (bicyclic) bond motifs is 1. The minimum atomic E-state index is -1.88. The monoisotopic (exact) mass is 815 g/mol. The number of phenolic OH excluding ortho intramolecular Hbond substituents is 3. The third-order valence-electron chi connectivity index (χ3n) is 9.34. The number of aliphatic hydroxyl groups excluding tert-OH is 5. The van der Waals surface area contributed by atoms with E-state index in [-0.39, 0.29) is 57.1 Å². The van der Waals surface area contributed by atoms with Crippen molar-refractivity contribution in [1.82, 2.24) is 0 Å². The summed E-state index contributed by atoms with van der Waals surface area (Å²) in [6, 6.07) is 11.3. The lowest BCUT2D eigenvalue weighted by Crippen LogP contribution is -2.59. The number of rotatable bonds is 12. The molecule has 312 valence electrons. The Morgan fingerprint density at radius 2 is 1.52 bits per heavy atom. The van der Waals surface area contributed by atoms with Gasteiger partial charge in [-0.15, -0.1) is 0 Å². The van der Waals surface area contributed by atoms with Crippen molar-refractivity contribution < 1.29 is 93.1 Å². The summed E-state index contributed by atoms with van der Waals surface area (Å²) in [6.07, 6.45) is -11.9. The van der Waals surface area contributed by atoms with Crippen LogP contribution in [0.2, 0.25) is 0 Å². The van der Waals surface area contributed by atoms with E-state index in [0.29, 0.717) is 5.56 Å². The maximum absolute atomic E-state index is 12.5. The van der Waals surface area contributed by atoms with Crippen LogP contribution < -0.4 is 14.2 Å². The van der Waals surface area contributed by atoms with Gasteiger partial charge in [-0.2, -0.15) is 0 Å². The Kier molecular flexibility index (Phi) is 12.8. The van der Waals surface area contributed by atoms with Crippen molar-refractivity contribution in [3.63, 3.8) is 0 Å². The molecule has 1 unspecified atom stereocenters. The van der Waals surface area contributed by atoms with Gasteiger partial charge in [0.15, 0.2) is 23.4 Å². The van der Waals surface area contributed by atoms with Crippen LogP contribution in [-0.4, -0.2) is 140 Å². The van der Waals surface area contributed by atoms with E-state index in [1.807, 2.05) is 0 Å². The highest BCUT2D eigenvalue weighted by Crippen LogP contribution is 2.49. The average molecular weight is 816 g/mol. The Balaban J connectivity index is 1.33. The molecule has 58 heavy (non-hydrogen) atoms. The number of hydrogen-bond donors (Lipinski definition) is 8. The standard InChI is InChI=1S/C39H42O19/c1-17(40)54-37-31(45)23(43)15-53-39(37)56-25-13-21(42)12-24-22(25)14-28(36(55-24)19-10-26(50-2)32(46)27(11-19)51-3)57-38-35(49)34(48)33(47)29(58-38)16-52-30(44)9-6-18-4-7-20(41)8-5-18/h4-14,23,29,31,33-39,41-43,45-49H,15-16H2,1-3H3/p+1/b9-6+/t23-,29+,31+,33+,34-,35-,36?,37+,38+,39+/m0/s1. The number of esters is 2. The highest BCUT2D eigenvalue weighted by molar-refractivity contribution is 5.87. The molecule has 0 saturated carbocycles. The van der Waals surface area contributed by atoms with Crippen molar-refractivity contribution in [2.45, 2.75) is 68.3 Å². The van der Waals surface area contributed by atoms with Gasteiger partial charge in [0.05, 0.1) is 32.5 Å². The summed E-state index contributed by atoms with van der Waals surface area (Å²) < 4.78 is 49.5. The Morgan fingerprint density at radius 3 is 2.17 bits per heavy atom. The van der Waals surface area contributed by atoms with Crippen LogP contribution in [-0.2, 0) is 33.3 Å². The summed E-state index contributed by atoms with van der Waals surface area (Å²) in [5.74, 6) is -2.44. The maximum atomic E-state index is 12.5. The Bertz CT molecular complexity index is 1990. The van der Waals surface area contributed by atoms with Gasteiger partial charge in [-0.3, -0.25) is 4.79 Å². The first-order valence-electron chi connectivity index (χ1n) is 17.7. The number of carbonyl (C=O) groups excluding carboxylic acids is 2. The fourth-order valence-corrected chi connectivity index (χ4v) is 6.34. The van der Waals surface area contributed by atoms with Crippen molar-refractivity contribution in [2.75, 3.05) is 27.4 Å². The molecule has 0 amide bonds. The molecule has 0 spiro atoms. The van der Waals surface area contributed by atoms with Crippen LogP contribution in [0.1, 0.15) is 29.7 Å². The van der Waals surface area contributed by atoms with E-state index in [2.05, 4.69) is 0 Å². The Hall–Kier alpha value is -5.80. The predicted molar refractivity (Wildman–Crippen MR) is 196 cm³/mol. The van der Waals surface area contributed by atoms with Gasteiger partial charge in [-0.05, 0) is 35.9 Å². The number of methoxy groups -OCH3 is 2. The number of aliphatic hydroxyl groups is 6. The molecule has 2 saturated heterocycles. The summed E-state index contributed by atoms with van der Waals surface area (Å²) >= 11 is 0. The zero-order valence-electron chi connectivity index (χ0n) is 31.1. The summed E-state index contributed by atoms with van der Waals surface area (Å²) in [7, 11) is 2.61. The highest BCUT2D eigenvalue weighted by atomic mass is 16.7. The minimum Gasteiger partial charge on any atom is -0.571 e. The van der Waals surface area contributed by atoms with Crippen molar-refractivity contribution in [2.24, 2.45) is 0 Å². The minimum absolute atomic E-state index is 0.0184. The molecule has 3 aliphatic heterocycles. The van der Waals surface area contributed by atoms with Crippen molar-refractivity contribution in [3.05, 3.63) is 77.1 Å². The van der Waals surface area contributed by atoms with E-state index < -0.39 is 86.6 Å². The second kappa shape index (κ2) is 17.8. The number of phenols is 3. The third kappa shape index (κ3) is 9.16. The first-order chi connectivity index (χ1) is 27.7. The van der Waals surface area contributed by atoms with Crippen LogP contribution in [0, 0.1) is 0 Å². The van der Waals surface area contributed by atoms with Gasteiger partial charge < -0.3 is 83.5 Å². The molecule has 2 fully saturated rings. The Morgan fingerprint density at radius 1 is 0.828 bits per heavy atom. The molecular formula is C39H43O19+. The highest BCUT2D eigenvalue weighted by Gasteiger charge is 2.48. The van der Waals surface area contributed by atoms with Gasteiger partial charge in [-0.25, -0.2) is 4.79 Å². The second-order valence-electron chi connectivity index (χ2n) is 13.4. The Labute approximate surface area is 330 Å². The second-order valence-corrected chi connectivity index (χ2v) is 13.4. The molecule has 0 aliphatic carbocycles. The molecule has 6 rings (SSSR count). The topological polar surface area (TPSA) is 283 Å². The number of ether oxygens (including phenoxy) is 9. The molecule has 3 aromatic rings. The molecule has 0 radical (unpaired) electrons. The molecule has 19 nitrogen and oxygen atoms in total. The van der Waals surface area contributed by atoms with Crippen LogP contribution >= 0.6 is 0 Å². The first kappa shape index (κ1) is 41.8. The van der Waals surface area contributed by atoms with Crippen LogP contribution in [0.4, 0.5) is 0 Å². The zero-order chi connectivity index (χ0) is 41.8. The lowest BCUT2D eigenvalue weighted by Gasteiger charge is -2.41. The predicted octanol–water partition coefficient (Wildman–Crippen LogP) is 0.627. The molecule has 3 aliphatic rings. The SMILES string of the molecule is COc1cc(C2[OH+]c3cc(O)cc(O[C@H]4OC[C@H](O)[C@@H](O)[C@H]4OC(C)=O)c3C=C2O[C@@H]2O[C@H](COC(=O)/C=C/c3ccc(O)cc3)[C@@H](O)[C@H](O)[C@@H]2O)cc(OC)c1O. The summed E-state index contributed by atoms with van der Waals surface area (Å²) in [4.78, 5) is 24.4.